The van der Waals surface area contributed by atoms with Gasteiger partial charge in [0, 0.05) is 53.3 Å². The summed E-state index contributed by atoms with van der Waals surface area (Å²) >= 11 is 1.88. The smallest absolute Gasteiger partial charge is 0.136 e. The second-order valence-electron chi connectivity index (χ2n) is 16.1. The Balaban J connectivity index is 1.04. The molecule has 0 unspecified atom stereocenters. The van der Waals surface area contributed by atoms with Gasteiger partial charge in [-0.2, -0.15) is 0 Å². The lowest BCUT2D eigenvalue weighted by Crippen LogP contribution is -2.16. The van der Waals surface area contributed by atoms with E-state index in [-0.39, 0.29) is 5.41 Å². The molecule has 0 radical (unpaired) electrons. The molecule has 0 amide bonds. The third kappa shape index (κ3) is 4.97. The summed E-state index contributed by atoms with van der Waals surface area (Å²) in [5, 5.41) is 7.28. The number of rotatable bonds is 5. The number of furan rings is 1. The summed E-state index contributed by atoms with van der Waals surface area (Å²) in [6.07, 6.45) is 0. The molecule has 0 saturated heterocycles. The lowest BCUT2D eigenvalue weighted by atomic mass is 9.82. The third-order valence-corrected chi connectivity index (χ3v) is 13.7. The Morgan fingerprint density at radius 3 is 1.97 bits per heavy atom. The molecule has 1 aliphatic carbocycles. The molecule has 2 heterocycles. The summed E-state index contributed by atoms with van der Waals surface area (Å²) in [7, 11) is 0. The minimum absolute atomic E-state index is 0.128. The summed E-state index contributed by atoms with van der Waals surface area (Å²) in [6, 6.07) is 69.0. The van der Waals surface area contributed by atoms with Crippen molar-refractivity contribution in [2.24, 2.45) is 0 Å². The highest BCUT2D eigenvalue weighted by Crippen LogP contribution is 2.51. The van der Waals surface area contributed by atoms with Crippen LogP contribution < -0.4 is 4.90 Å². The van der Waals surface area contributed by atoms with Crippen LogP contribution >= 0.6 is 11.3 Å². The van der Waals surface area contributed by atoms with Crippen molar-refractivity contribution in [3.63, 3.8) is 0 Å². The quantitative estimate of drug-likeness (QED) is 0.174. The van der Waals surface area contributed by atoms with E-state index in [1.54, 1.807) is 0 Å². The van der Waals surface area contributed by atoms with Crippen LogP contribution in [0.4, 0.5) is 17.1 Å². The molecule has 11 aromatic rings. The van der Waals surface area contributed by atoms with Crippen LogP contribution in [0.2, 0.25) is 0 Å². The van der Waals surface area contributed by atoms with Crippen molar-refractivity contribution < 1.29 is 4.42 Å². The SMILES string of the molecule is CC1(C)c2ccccc2-c2ccc(N(c3ccc(-c4cccc5c4sc4ccccc45)cc3)c3ccccc3-c3ccc4oc5cc6ccccc6cc5c4c3)cc21. The zero-order valence-electron chi connectivity index (χ0n) is 32.2. The van der Waals surface area contributed by atoms with E-state index in [1.165, 1.54) is 64.3 Å². The highest BCUT2D eigenvalue weighted by molar-refractivity contribution is 7.26. The Morgan fingerprint density at radius 1 is 0.431 bits per heavy atom. The number of fused-ring (bicyclic) bond motifs is 10. The molecule has 0 fully saturated rings. The Bertz CT molecular complexity index is 3440. The molecule has 0 aliphatic heterocycles. The standard InChI is InChI=1S/C55H37NOS/c1-55(2)48-19-8-5-15-42(48)43-28-27-39(33-49(43)55)56(38-25-22-34(23-26-38)41-17-11-18-45-44-16-7-10-21-53(44)58-54(41)45)50-20-9-6-14-40(50)37-24-29-51-46(31-37)47-30-35-12-3-4-13-36(35)32-52(47)57-51/h3-33H,1-2H3. The van der Waals surface area contributed by atoms with Gasteiger partial charge in [-0.1, -0.05) is 141 Å². The van der Waals surface area contributed by atoms with Crippen LogP contribution in [0.15, 0.2) is 192 Å². The van der Waals surface area contributed by atoms with Crippen molar-refractivity contribution in [3.8, 4) is 33.4 Å². The Morgan fingerprint density at radius 2 is 1.09 bits per heavy atom. The van der Waals surface area contributed by atoms with Crippen molar-refractivity contribution in [2.45, 2.75) is 19.3 Å². The van der Waals surface area contributed by atoms with Gasteiger partial charge in [0.05, 0.1) is 5.69 Å². The van der Waals surface area contributed by atoms with Crippen molar-refractivity contribution in [3.05, 3.63) is 199 Å². The van der Waals surface area contributed by atoms with Gasteiger partial charge in [0.1, 0.15) is 11.2 Å². The number of benzene rings is 9. The van der Waals surface area contributed by atoms with E-state index in [4.69, 9.17) is 4.42 Å². The van der Waals surface area contributed by atoms with Crippen molar-refractivity contribution in [2.75, 3.05) is 4.90 Å². The molecule has 274 valence electrons. The second-order valence-corrected chi connectivity index (χ2v) is 17.1. The van der Waals surface area contributed by atoms with Crippen molar-refractivity contribution in [1.29, 1.82) is 0 Å². The number of anilines is 3. The fourth-order valence-electron chi connectivity index (χ4n) is 9.57. The number of hydrogen-bond donors (Lipinski definition) is 0. The molecule has 58 heavy (non-hydrogen) atoms. The van der Waals surface area contributed by atoms with E-state index in [1.807, 2.05) is 11.3 Å². The zero-order chi connectivity index (χ0) is 38.5. The Hall–Kier alpha value is -6.94. The first kappa shape index (κ1) is 33.2. The van der Waals surface area contributed by atoms with E-state index in [0.717, 1.165) is 50.1 Å². The fraction of sp³-hybridized carbons (Fsp3) is 0.0545. The Kier molecular flexibility index (Phi) is 7.18. The molecule has 2 aromatic heterocycles. The molecule has 0 N–H and O–H groups in total. The lowest BCUT2D eigenvalue weighted by Gasteiger charge is -2.30. The number of thiophene rings is 1. The topological polar surface area (TPSA) is 16.4 Å². The summed E-state index contributed by atoms with van der Waals surface area (Å²) in [4.78, 5) is 2.45. The maximum atomic E-state index is 6.44. The van der Waals surface area contributed by atoms with Gasteiger partial charge >= 0.3 is 0 Å². The molecule has 0 saturated carbocycles. The highest BCUT2D eigenvalue weighted by atomic mass is 32.1. The Labute approximate surface area is 340 Å². The van der Waals surface area contributed by atoms with Gasteiger partial charge in [0.15, 0.2) is 0 Å². The van der Waals surface area contributed by atoms with Gasteiger partial charge in [-0.15, -0.1) is 11.3 Å². The highest BCUT2D eigenvalue weighted by Gasteiger charge is 2.36. The van der Waals surface area contributed by atoms with E-state index < -0.39 is 0 Å². The monoisotopic (exact) mass is 759 g/mol. The minimum Gasteiger partial charge on any atom is -0.456 e. The zero-order valence-corrected chi connectivity index (χ0v) is 33.0. The van der Waals surface area contributed by atoms with Gasteiger partial charge in [-0.3, -0.25) is 0 Å². The van der Waals surface area contributed by atoms with E-state index in [9.17, 15) is 0 Å². The molecule has 12 rings (SSSR count). The van der Waals surface area contributed by atoms with Crippen LogP contribution in [0.5, 0.6) is 0 Å². The average Bonchev–Trinajstić information content (AvgIpc) is 3.90. The van der Waals surface area contributed by atoms with Gasteiger partial charge in [0.25, 0.3) is 0 Å². The predicted molar refractivity (Wildman–Crippen MR) is 247 cm³/mol. The third-order valence-electron chi connectivity index (χ3n) is 12.5. The summed E-state index contributed by atoms with van der Waals surface area (Å²) in [5.41, 5.74) is 15.2. The number of para-hydroxylation sites is 1. The second kappa shape index (κ2) is 12.5. The molecule has 0 atom stereocenters. The first-order valence-corrected chi connectivity index (χ1v) is 20.8. The minimum atomic E-state index is -0.128. The summed E-state index contributed by atoms with van der Waals surface area (Å²) in [6.45, 7) is 4.72. The van der Waals surface area contributed by atoms with Crippen LogP contribution in [-0.2, 0) is 5.41 Å². The molecule has 9 aromatic carbocycles. The number of hydrogen-bond acceptors (Lipinski definition) is 3. The predicted octanol–water partition coefficient (Wildman–Crippen LogP) is 16.2. The van der Waals surface area contributed by atoms with Gasteiger partial charge in [0.2, 0.25) is 0 Å². The van der Waals surface area contributed by atoms with E-state index in [2.05, 4.69) is 207 Å². The molecule has 0 spiro atoms. The van der Waals surface area contributed by atoms with Crippen molar-refractivity contribution in [1.82, 2.24) is 0 Å². The van der Waals surface area contributed by atoms with E-state index >= 15 is 0 Å². The van der Waals surface area contributed by atoms with E-state index in [0.29, 0.717) is 0 Å². The summed E-state index contributed by atoms with van der Waals surface area (Å²) < 4.78 is 9.09. The molecule has 2 nitrogen and oxygen atoms in total. The van der Waals surface area contributed by atoms with Crippen LogP contribution in [0.3, 0.4) is 0 Å². The first-order chi connectivity index (χ1) is 28.5. The van der Waals surface area contributed by atoms with Crippen LogP contribution in [0.25, 0.3) is 86.3 Å². The van der Waals surface area contributed by atoms with Gasteiger partial charge < -0.3 is 9.32 Å². The van der Waals surface area contributed by atoms with Gasteiger partial charge in [-0.25, -0.2) is 0 Å². The number of nitrogens with zero attached hydrogens (tertiary/aromatic N) is 1. The fourth-order valence-corrected chi connectivity index (χ4v) is 10.8. The molecular formula is C55H37NOS. The maximum absolute atomic E-state index is 6.44. The molecule has 1 aliphatic rings. The van der Waals surface area contributed by atoms with Gasteiger partial charge in [-0.05, 0) is 110 Å². The van der Waals surface area contributed by atoms with Crippen LogP contribution in [0.1, 0.15) is 25.0 Å². The van der Waals surface area contributed by atoms with Crippen LogP contribution in [-0.4, -0.2) is 0 Å². The molecular weight excluding hydrogens is 723 g/mol. The lowest BCUT2D eigenvalue weighted by molar-refractivity contribution is 0.660. The molecule has 0 bridgehead atoms. The molecule has 3 heteroatoms. The van der Waals surface area contributed by atoms with Crippen molar-refractivity contribution >= 4 is 81.3 Å². The first-order valence-electron chi connectivity index (χ1n) is 20.0. The average molecular weight is 760 g/mol. The summed E-state index contributed by atoms with van der Waals surface area (Å²) in [5.74, 6) is 0. The maximum Gasteiger partial charge on any atom is 0.136 e. The van der Waals surface area contributed by atoms with Crippen LogP contribution in [0, 0.1) is 0 Å². The largest absolute Gasteiger partial charge is 0.456 e. The normalized spacial score (nSPS) is 13.1.